The van der Waals surface area contributed by atoms with Crippen LogP contribution in [0, 0.1) is 0 Å². The Bertz CT molecular complexity index is 927. The van der Waals surface area contributed by atoms with Gasteiger partial charge in [-0.25, -0.2) is 19.5 Å². The third-order valence-electron chi connectivity index (χ3n) is 4.04. The number of carboxylic acid groups (broad SMARTS) is 1. The zero-order valence-electron chi connectivity index (χ0n) is 13.0. The second-order valence-corrected chi connectivity index (χ2v) is 7.06. The number of likely N-dealkylation sites (N-methyl/N-ethyl adjacent to an activating group) is 1. The van der Waals surface area contributed by atoms with E-state index < -0.39 is 34.8 Å². The average molecular weight is 382 g/mol. The van der Waals surface area contributed by atoms with Crippen LogP contribution < -0.4 is 5.11 Å². The number of thiazole rings is 1. The minimum absolute atomic E-state index is 0.149. The Kier molecular flexibility index (Phi) is 4.31. The van der Waals surface area contributed by atoms with E-state index in [1.807, 2.05) is 0 Å². The number of carbonyl (C=O) groups excluding carboxylic acids is 4. The molecule has 1 aliphatic rings. The van der Waals surface area contributed by atoms with Crippen LogP contribution in [0.4, 0.5) is 4.79 Å². The maximum Gasteiger partial charge on any atom is 0.435 e. The van der Waals surface area contributed by atoms with E-state index in [1.165, 1.54) is 18.3 Å². The van der Waals surface area contributed by atoms with E-state index in [4.69, 9.17) is 11.6 Å². The van der Waals surface area contributed by atoms with E-state index in [2.05, 4.69) is 4.98 Å². The molecular formula is C15H12ClN3O5S. The van der Waals surface area contributed by atoms with E-state index >= 15 is 0 Å². The summed E-state index contributed by atoms with van der Waals surface area (Å²) < 4.78 is -0.284. The molecule has 2 heterocycles. The molecule has 2 aromatic rings. The van der Waals surface area contributed by atoms with Crippen molar-refractivity contribution in [3.05, 3.63) is 28.2 Å². The van der Waals surface area contributed by atoms with Crippen molar-refractivity contribution in [2.45, 2.75) is 13.5 Å². The Labute approximate surface area is 150 Å². The molecule has 0 bridgehead atoms. The number of hydrogen-bond acceptors (Lipinski definition) is 7. The maximum absolute atomic E-state index is 12.6. The molecule has 25 heavy (non-hydrogen) atoms. The minimum atomic E-state index is -1.58. The normalized spacial score (nSPS) is 20.7. The van der Waals surface area contributed by atoms with Gasteiger partial charge in [-0.2, -0.15) is 4.48 Å². The number of aromatic nitrogens is 1. The monoisotopic (exact) mass is 381 g/mol. The number of hydrogen-bond donors (Lipinski definition) is 0. The van der Waals surface area contributed by atoms with Crippen molar-refractivity contribution in [2.24, 2.45) is 0 Å². The van der Waals surface area contributed by atoms with Crippen molar-refractivity contribution in [3.63, 3.8) is 0 Å². The fraction of sp³-hybridized carbons (Fsp3) is 0.267. The summed E-state index contributed by atoms with van der Waals surface area (Å²) in [6.07, 6.45) is 0. The van der Waals surface area contributed by atoms with Crippen molar-refractivity contribution < 1.29 is 28.8 Å². The molecule has 4 amide bonds. The lowest BCUT2D eigenvalue weighted by Gasteiger charge is -2.25. The molecule has 1 aromatic heterocycles. The van der Waals surface area contributed by atoms with Crippen LogP contribution in [0.3, 0.4) is 0 Å². The number of benzene rings is 1. The summed E-state index contributed by atoms with van der Waals surface area (Å²) in [5, 5.41) is 11.9. The van der Waals surface area contributed by atoms with Crippen LogP contribution in [0.1, 0.15) is 11.9 Å². The van der Waals surface area contributed by atoms with Crippen molar-refractivity contribution in [3.8, 4) is 0 Å². The molecule has 0 spiro atoms. The molecule has 1 atom stereocenters. The van der Waals surface area contributed by atoms with Gasteiger partial charge in [0.1, 0.15) is 11.6 Å². The highest BCUT2D eigenvalue weighted by atomic mass is 35.5. The van der Waals surface area contributed by atoms with Gasteiger partial charge < -0.3 is 9.90 Å². The fourth-order valence-electron chi connectivity index (χ4n) is 2.74. The van der Waals surface area contributed by atoms with Gasteiger partial charge in [0.15, 0.2) is 0 Å². The SMILES string of the molecule is CC[N+]1(CC(=O)[O-])C(=O)C(=O)N(Cc2nc3cc(Cl)ccc3s2)C1=O. The van der Waals surface area contributed by atoms with Gasteiger partial charge >= 0.3 is 17.8 Å². The van der Waals surface area contributed by atoms with Crippen molar-refractivity contribution in [2.75, 3.05) is 13.1 Å². The van der Waals surface area contributed by atoms with Crippen LogP contribution in [-0.2, 0) is 20.9 Å². The number of urea groups is 1. The molecule has 1 fully saturated rings. The summed E-state index contributed by atoms with van der Waals surface area (Å²) in [6, 6.07) is 4.23. The predicted molar refractivity (Wildman–Crippen MR) is 86.3 cm³/mol. The van der Waals surface area contributed by atoms with Crippen molar-refractivity contribution in [1.29, 1.82) is 0 Å². The first kappa shape index (κ1) is 17.5. The quantitative estimate of drug-likeness (QED) is 0.424. The van der Waals surface area contributed by atoms with Gasteiger partial charge in [0, 0.05) is 5.02 Å². The topological polar surface area (TPSA) is 107 Å². The Morgan fingerprint density at radius 2 is 2.08 bits per heavy atom. The van der Waals surface area contributed by atoms with Crippen molar-refractivity contribution in [1.82, 2.24) is 9.88 Å². The lowest BCUT2D eigenvalue weighted by Crippen LogP contribution is -2.58. The smallest absolute Gasteiger partial charge is 0.435 e. The van der Waals surface area contributed by atoms with E-state index in [0.717, 1.165) is 9.60 Å². The number of amides is 4. The number of carboxylic acids is 1. The molecule has 130 valence electrons. The number of nitrogens with zero attached hydrogens (tertiary/aromatic N) is 3. The summed E-state index contributed by atoms with van der Waals surface area (Å²) in [5.74, 6) is -3.68. The number of carbonyl (C=O) groups is 4. The van der Waals surface area contributed by atoms with Crippen molar-refractivity contribution >= 4 is 57.0 Å². The van der Waals surface area contributed by atoms with Gasteiger partial charge in [0.2, 0.25) is 0 Å². The number of rotatable bonds is 5. The van der Waals surface area contributed by atoms with Crippen LogP contribution in [0.15, 0.2) is 18.2 Å². The first-order valence-electron chi connectivity index (χ1n) is 7.31. The molecule has 10 heteroatoms. The van der Waals surface area contributed by atoms with Crippen LogP contribution in [0.25, 0.3) is 10.2 Å². The third kappa shape index (κ3) is 2.80. The first-order chi connectivity index (χ1) is 11.8. The molecule has 3 rings (SSSR count). The first-order valence-corrected chi connectivity index (χ1v) is 8.50. The number of imide groups is 2. The number of aliphatic carboxylic acids is 1. The number of quaternary nitrogens is 1. The highest BCUT2D eigenvalue weighted by Crippen LogP contribution is 2.29. The van der Waals surface area contributed by atoms with Crippen LogP contribution in [0.5, 0.6) is 0 Å². The molecule has 8 nitrogen and oxygen atoms in total. The Morgan fingerprint density at radius 1 is 1.36 bits per heavy atom. The zero-order chi connectivity index (χ0) is 18.4. The Hall–Kier alpha value is -2.36. The van der Waals surface area contributed by atoms with Crippen LogP contribution in [0.2, 0.25) is 5.02 Å². The number of halogens is 1. The molecule has 0 saturated carbocycles. The maximum atomic E-state index is 12.6. The van der Waals surface area contributed by atoms with E-state index in [-0.39, 0.29) is 13.1 Å². The van der Waals surface area contributed by atoms with Gasteiger partial charge in [-0.1, -0.05) is 11.6 Å². The molecule has 1 aromatic carbocycles. The zero-order valence-corrected chi connectivity index (χ0v) is 14.6. The molecule has 0 radical (unpaired) electrons. The van der Waals surface area contributed by atoms with Gasteiger partial charge in [0.25, 0.3) is 0 Å². The highest BCUT2D eigenvalue weighted by Gasteiger charge is 2.60. The Morgan fingerprint density at radius 3 is 2.72 bits per heavy atom. The molecule has 1 saturated heterocycles. The van der Waals surface area contributed by atoms with Crippen LogP contribution >= 0.6 is 22.9 Å². The van der Waals surface area contributed by atoms with Gasteiger partial charge in [-0.3, -0.25) is 4.79 Å². The van der Waals surface area contributed by atoms with Gasteiger partial charge in [-0.15, -0.1) is 11.3 Å². The van der Waals surface area contributed by atoms with E-state index in [9.17, 15) is 24.3 Å². The van der Waals surface area contributed by atoms with Gasteiger partial charge in [0.05, 0.1) is 29.3 Å². The van der Waals surface area contributed by atoms with Gasteiger partial charge in [-0.05, 0) is 25.1 Å². The van der Waals surface area contributed by atoms with E-state index in [0.29, 0.717) is 15.5 Å². The van der Waals surface area contributed by atoms with E-state index in [1.54, 1.807) is 18.2 Å². The highest BCUT2D eigenvalue weighted by molar-refractivity contribution is 7.18. The third-order valence-corrected chi connectivity index (χ3v) is 5.30. The standard InChI is InChI=1S/C15H12ClN3O5S/c1-2-19(7-12(20)21)14(23)13(22)18(15(19)24)6-11-17-9-5-8(16)3-4-10(9)25-11/h3-5H,2,6-7H2,1H3. The second-order valence-electron chi connectivity index (χ2n) is 5.51. The summed E-state index contributed by atoms with van der Waals surface area (Å²) in [7, 11) is 0. The lowest BCUT2D eigenvalue weighted by atomic mass is 10.3. The second kappa shape index (κ2) is 6.17. The lowest BCUT2D eigenvalue weighted by molar-refractivity contribution is -0.761. The fourth-order valence-corrected chi connectivity index (χ4v) is 3.85. The number of fused-ring (bicyclic) bond motifs is 1. The summed E-state index contributed by atoms with van der Waals surface area (Å²) in [6.45, 7) is 0.248. The molecule has 0 N–H and O–H groups in total. The minimum Gasteiger partial charge on any atom is -0.544 e. The predicted octanol–water partition coefficient (Wildman–Crippen LogP) is 0.525. The van der Waals surface area contributed by atoms with Crippen LogP contribution in [-0.4, -0.2) is 51.3 Å². The molecule has 1 unspecified atom stereocenters. The molecular weight excluding hydrogens is 370 g/mol. The largest absolute Gasteiger partial charge is 0.544 e. The molecule has 1 aliphatic heterocycles. The molecule has 0 aliphatic carbocycles. The summed E-state index contributed by atoms with van der Waals surface area (Å²) in [4.78, 5) is 53.1. The average Bonchev–Trinajstić information content (AvgIpc) is 3.03. The Balaban J connectivity index is 1.93. The summed E-state index contributed by atoms with van der Waals surface area (Å²) in [5.41, 5.74) is 0.615. The summed E-state index contributed by atoms with van der Waals surface area (Å²) >= 11 is 7.16.